The fourth-order valence-corrected chi connectivity index (χ4v) is 1.06. The fourth-order valence-electron chi connectivity index (χ4n) is 1.06. The van der Waals surface area contributed by atoms with Gasteiger partial charge in [0.05, 0.1) is 5.60 Å². The molecule has 2 heteroatoms. The first kappa shape index (κ1) is 6.05. The highest BCUT2D eigenvalue weighted by Gasteiger charge is 2.34. The summed E-state index contributed by atoms with van der Waals surface area (Å²) in [6, 6.07) is 0. The Kier molecular flexibility index (Phi) is 1.54. The maximum absolute atomic E-state index is 5.45. The minimum absolute atomic E-state index is 0.0833. The summed E-state index contributed by atoms with van der Waals surface area (Å²) in [4.78, 5) is 0. The molecule has 0 amide bonds. The van der Waals surface area contributed by atoms with Crippen LogP contribution in [0.3, 0.4) is 0 Å². The van der Waals surface area contributed by atoms with Crippen LogP contribution >= 0.6 is 0 Å². The van der Waals surface area contributed by atoms with E-state index < -0.39 is 0 Å². The molecule has 0 aromatic heterocycles. The highest BCUT2D eigenvalue weighted by Crippen LogP contribution is 2.33. The Balaban J connectivity index is 2.33. The molecule has 2 nitrogen and oxygen atoms in total. The first-order chi connectivity index (χ1) is 3.83. The van der Waals surface area contributed by atoms with Crippen LogP contribution in [0.1, 0.15) is 19.3 Å². The van der Waals surface area contributed by atoms with Crippen LogP contribution in [0.2, 0.25) is 0 Å². The molecule has 0 aliphatic heterocycles. The quantitative estimate of drug-likeness (QED) is 0.569. The molecule has 1 saturated carbocycles. The average Bonchev–Trinajstić information content (AvgIpc) is 1.67. The van der Waals surface area contributed by atoms with Gasteiger partial charge in [-0.05, 0) is 19.3 Å². The zero-order valence-corrected chi connectivity index (χ0v) is 5.31. The summed E-state index contributed by atoms with van der Waals surface area (Å²) in [5.74, 6) is 0. The topological polar surface area (TPSA) is 35.2 Å². The second-order valence-electron chi connectivity index (χ2n) is 2.44. The predicted molar refractivity (Wildman–Crippen MR) is 32.6 cm³/mol. The molecule has 0 heterocycles. The van der Waals surface area contributed by atoms with Crippen molar-refractivity contribution in [3.63, 3.8) is 0 Å². The SMILES string of the molecule is COC1(CN)CCC1. The van der Waals surface area contributed by atoms with E-state index in [2.05, 4.69) is 0 Å². The lowest BCUT2D eigenvalue weighted by Crippen LogP contribution is -2.45. The fraction of sp³-hybridized carbons (Fsp3) is 1.00. The molecule has 1 rings (SSSR count). The van der Waals surface area contributed by atoms with Crippen molar-refractivity contribution in [3.8, 4) is 0 Å². The summed E-state index contributed by atoms with van der Waals surface area (Å²) in [5.41, 5.74) is 5.54. The van der Waals surface area contributed by atoms with Gasteiger partial charge in [-0.3, -0.25) is 0 Å². The van der Waals surface area contributed by atoms with E-state index in [1.54, 1.807) is 7.11 Å². The third kappa shape index (κ3) is 0.740. The van der Waals surface area contributed by atoms with Crippen LogP contribution in [0.5, 0.6) is 0 Å². The monoisotopic (exact) mass is 115 g/mol. The largest absolute Gasteiger partial charge is 0.377 e. The van der Waals surface area contributed by atoms with Crippen molar-refractivity contribution >= 4 is 0 Å². The Hall–Kier alpha value is -0.0800. The molecule has 0 unspecified atom stereocenters. The summed E-state index contributed by atoms with van der Waals surface area (Å²) >= 11 is 0. The molecule has 1 fully saturated rings. The molecule has 2 N–H and O–H groups in total. The Morgan fingerprint density at radius 1 is 1.62 bits per heavy atom. The van der Waals surface area contributed by atoms with Gasteiger partial charge in [0.25, 0.3) is 0 Å². The molecule has 0 radical (unpaired) electrons. The molecule has 0 bridgehead atoms. The first-order valence-corrected chi connectivity index (χ1v) is 3.08. The van der Waals surface area contributed by atoms with Gasteiger partial charge in [0.2, 0.25) is 0 Å². The summed E-state index contributed by atoms with van der Waals surface area (Å²) in [6.07, 6.45) is 3.59. The van der Waals surface area contributed by atoms with Gasteiger partial charge in [0.15, 0.2) is 0 Å². The van der Waals surface area contributed by atoms with Crippen molar-refractivity contribution in [1.29, 1.82) is 0 Å². The number of methoxy groups -OCH3 is 1. The van der Waals surface area contributed by atoms with E-state index in [1.165, 1.54) is 6.42 Å². The van der Waals surface area contributed by atoms with Crippen LogP contribution in [0.25, 0.3) is 0 Å². The molecule has 1 aliphatic rings. The summed E-state index contributed by atoms with van der Waals surface area (Å²) < 4.78 is 5.20. The molecule has 0 saturated heterocycles. The van der Waals surface area contributed by atoms with Crippen molar-refractivity contribution in [2.45, 2.75) is 24.9 Å². The molecular weight excluding hydrogens is 102 g/mol. The third-order valence-corrected chi connectivity index (χ3v) is 2.07. The van der Waals surface area contributed by atoms with E-state index in [9.17, 15) is 0 Å². The minimum Gasteiger partial charge on any atom is -0.377 e. The zero-order chi connectivity index (χ0) is 6.04. The Bertz CT molecular complexity index is 65.1. The highest BCUT2D eigenvalue weighted by atomic mass is 16.5. The van der Waals surface area contributed by atoms with E-state index >= 15 is 0 Å². The molecule has 8 heavy (non-hydrogen) atoms. The number of nitrogens with two attached hydrogens (primary N) is 1. The van der Waals surface area contributed by atoms with Crippen LogP contribution in [0.15, 0.2) is 0 Å². The summed E-state index contributed by atoms with van der Waals surface area (Å²) in [7, 11) is 1.74. The second kappa shape index (κ2) is 2.03. The van der Waals surface area contributed by atoms with Gasteiger partial charge in [0.1, 0.15) is 0 Å². The van der Waals surface area contributed by atoms with Gasteiger partial charge in [-0.2, -0.15) is 0 Å². The first-order valence-electron chi connectivity index (χ1n) is 3.08. The van der Waals surface area contributed by atoms with Crippen molar-refractivity contribution in [2.24, 2.45) is 5.73 Å². The Morgan fingerprint density at radius 2 is 2.25 bits per heavy atom. The zero-order valence-electron chi connectivity index (χ0n) is 5.31. The van der Waals surface area contributed by atoms with Gasteiger partial charge < -0.3 is 10.5 Å². The van der Waals surface area contributed by atoms with E-state index in [0.29, 0.717) is 6.54 Å². The molecule has 0 aromatic carbocycles. The number of hydrogen-bond donors (Lipinski definition) is 1. The van der Waals surface area contributed by atoms with Crippen molar-refractivity contribution in [3.05, 3.63) is 0 Å². The van der Waals surface area contributed by atoms with Crippen LogP contribution in [0, 0.1) is 0 Å². The van der Waals surface area contributed by atoms with Gasteiger partial charge >= 0.3 is 0 Å². The summed E-state index contributed by atoms with van der Waals surface area (Å²) in [6.45, 7) is 0.684. The lowest BCUT2D eigenvalue weighted by molar-refractivity contribution is -0.0633. The lowest BCUT2D eigenvalue weighted by Gasteiger charge is -2.39. The summed E-state index contributed by atoms with van der Waals surface area (Å²) in [5, 5.41) is 0. The molecule has 0 atom stereocenters. The molecule has 0 aromatic rings. The maximum Gasteiger partial charge on any atom is 0.0800 e. The van der Waals surface area contributed by atoms with E-state index in [0.717, 1.165) is 12.8 Å². The normalized spacial score (nSPS) is 24.8. The number of ether oxygens (including phenoxy) is 1. The van der Waals surface area contributed by atoms with Gasteiger partial charge in [0, 0.05) is 13.7 Å². The van der Waals surface area contributed by atoms with E-state index in [-0.39, 0.29) is 5.60 Å². The van der Waals surface area contributed by atoms with Crippen LogP contribution in [-0.4, -0.2) is 19.3 Å². The highest BCUT2D eigenvalue weighted by molar-refractivity contribution is 4.89. The molecule has 48 valence electrons. The molecule has 0 spiro atoms. The van der Waals surface area contributed by atoms with Crippen molar-refractivity contribution < 1.29 is 4.74 Å². The Morgan fingerprint density at radius 3 is 2.25 bits per heavy atom. The van der Waals surface area contributed by atoms with Gasteiger partial charge in [-0.15, -0.1) is 0 Å². The minimum atomic E-state index is 0.0833. The van der Waals surface area contributed by atoms with Gasteiger partial charge in [-0.1, -0.05) is 0 Å². The molecule has 1 aliphatic carbocycles. The van der Waals surface area contributed by atoms with Gasteiger partial charge in [-0.25, -0.2) is 0 Å². The van der Waals surface area contributed by atoms with Crippen LogP contribution in [0.4, 0.5) is 0 Å². The van der Waals surface area contributed by atoms with Crippen molar-refractivity contribution in [2.75, 3.05) is 13.7 Å². The molecular formula is C6H13NO. The second-order valence-corrected chi connectivity index (χ2v) is 2.44. The van der Waals surface area contributed by atoms with E-state index in [1.807, 2.05) is 0 Å². The van der Waals surface area contributed by atoms with Crippen molar-refractivity contribution in [1.82, 2.24) is 0 Å². The predicted octanol–water partition coefficient (Wildman–Crippen LogP) is 0.514. The van der Waals surface area contributed by atoms with Crippen LogP contribution in [-0.2, 0) is 4.74 Å². The van der Waals surface area contributed by atoms with E-state index in [4.69, 9.17) is 10.5 Å². The maximum atomic E-state index is 5.45. The number of hydrogen-bond acceptors (Lipinski definition) is 2. The third-order valence-electron chi connectivity index (χ3n) is 2.07. The number of rotatable bonds is 2. The standard InChI is InChI=1S/C6H13NO/c1-8-6(5-7)3-2-4-6/h2-5,7H2,1H3. The smallest absolute Gasteiger partial charge is 0.0800 e. The average molecular weight is 115 g/mol. The van der Waals surface area contributed by atoms with Crippen LogP contribution < -0.4 is 5.73 Å². The Labute approximate surface area is 50.0 Å². The lowest BCUT2D eigenvalue weighted by atomic mass is 9.80.